The number of nitrogens with one attached hydrogen (secondary N) is 1. The van der Waals surface area contributed by atoms with Crippen LogP contribution in [0.3, 0.4) is 0 Å². The summed E-state index contributed by atoms with van der Waals surface area (Å²) in [5, 5.41) is 0.790. The summed E-state index contributed by atoms with van der Waals surface area (Å²) in [7, 11) is 0. The smallest absolute Gasteiger partial charge is 0.259 e. The van der Waals surface area contributed by atoms with Gasteiger partial charge in [0, 0.05) is 17.1 Å². The minimum Gasteiger partial charge on any atom is -0.311 e. The fraction of sp³-hybridized carbons (Fsp3) is 0.381. The maximum absolute atomic E-state index is 12.6. The third-order valence-electron chi connectivity index (χ3n) is 5.53. The first-order valence-electron chi connectivity index (χ1n) is 9.70. The zero-order chi connectivity index (χ0) is 19.1. The number of carbonyl (C=O) groups is 1. The predicted octanol–water partition coefficient (Wildman–Crippen LogP) is 3.69. The van der Waals surface area contributed by atoms with E-state index in [1.165, 1.54) is 34.2 Å². The Hall–Kier alpha value is -2.12. The molecular weight excluding hydrogens is 390 g/mol. The molecule has 2 aliphatic rings. The van der Waals surface area contributed by atoms with E-state index in [4.69, 9.17) is 0 Å². The molecule has 0 atom stereocenters. The minimum absolute atomic E-state index is 0.0280. The number of para-hydroxylation sites is 1. The summed E-state index contributed by atoms with van der Waals surface area (Å²) in [6.07, 6.45) is 5.31. The molecule has 0 saturated carbocycles. The summed E-state index contributed by atoms with van der Waals surface area (Å²) in [6, 6.07) is 8.08. The summed E-state index contributed by atoms with van der Waals surface area (Å²) in [5.74, 6) is 1.70. The Morgan fingerprint density at radius 1 is 1.21 bits per heavy atom. The van der Waals surface area contributed by atoms with Gasteiger partial charge in [0.05, 0.1) is 16.9 Å². The number of aromatic nitrogens is 2. The number of H-pyrrole nitrogens is 1. The highest BCUT2D eigenvalue weighted by Gasteiger charge is 2.24. The van der Waals surface area contributed by atoms with E-state index in [0.29, 0.717) is 17.3 Å². The molecule has 5 nitrogen and oxygen atoms in total. The molecule has 0 fully saturated rings. The Labute approximate surface area is 171 Å². The van der Waals surface area contributed by atoms with Crippen LogP contribution < -0.4 is 10.5 Å². The van der Waals surface area contributed by atoms with Crippen LogP contribution in [0, 0.1) is 0 Å². The molecular formula is C21H21N3O2S2. The van der Waals surface area contributed by atoms with Gasteiger partial charge >= 0.3 is 0 Å². The monoisotopic (exact) mass is 411 g/mol. The predicted molar refractivity (Wildman–Crippen MR) is 116 cm³/mol. The number of hydrogen-bond acceptors (Lipinski definition) is 5. The first-order valence-corrected chi connectivity index (χ1v) is 11.7. The average Bonchev–Trinajstić information content (AvgIpc) is 3.29. The van der Waals surface area contributed by atoms with E-state index in [2.05, 4.69) is 16.0 Å². The van der Waals surface area contributed by atoms with E-state index in [-0.39, 0.29) is 11.5 Å². The number of fused-ring (bicyclic) bond motifs is 4. The van der Waals surface area contributed by atoms with Gasteiger partial charge in [0.25, 0.3) is 5.56 Å². The second-order valence-electron chi connectivity index (χ2n) is 7.32. The van der Waals surface area contributed by atoms with Crippen LogP contribution in [0.15, 0.2) is 29.1 Å². The van der Waals surface area contributed by atoms with Crippen LogP contribution in [0.4, 0.5) is 5.69 Å². The number of nitrogens with zero attached hydrogens (tertiary/aromatic N) is 2. The van der Waals surface area contributed by atoms with Gasteiger partial charge in [-0.1, -0.05) is 18.2 Å². The highest BCUT2D eigenvalue weighted by Crippen LogP contribution is 2.33. The third-order valence-corrected chi connectivity index (χ3v) is 7.64. The number of thiophene rings is 1. The van der Waals surface area contributed by atoms with Crippen molar-refractivity contribution >= 4 is 44.9 Å². The quantitative estimate of drug-likeness (QED) is 0.711. The number of benzene rings is 1. The van der Waals surface area contributed by atoms with Gasteiger partial charge in [0.1, 0.15) is 10.7 Å². The van der Waals surface area contributed by atoms with Gasteiger partial charge in [-0.05, 0) is 49.3 Å². The van der Waals surface area contributed by atoms with E-state index in [0.717, 1.165) is 48.1 Å². The van der Waals surface area contributed by atoms with Crippen molar-refractivity contribution < 1.29 is 4.79 Å². The number of aryl methyl sites for hydroxylation is 2. The van der Waals surface area contributed by atoms with Gasteiger partial charge in [-0.3, -0.25) is 9.59 Å². The summed E-state index contributed by atoms with van der Waals surface area (Å²) in [6.45, 7) is 0.751. The normalized spacial score (nSPS) is 15.6. The van der Waals surface area contributed by atoms with E-state index in [9.17, 15) is 9.59 Å². The van der Waals surface area contributed by atoms with Crippen molar-refractivity contribution in [3.8, 4) is 0 Å². The molecule has 0 saturated heterocycles. The number of anilines is 1. The Balaban J connectivity index is 1.28. The minimum atomic E-state index is -0.0280. The van der Waals surface area contributed by atoms with E-state index >= 15 is 0 Å². The molecule has 2 aromatic heterocycles. The van der Waals surface area contributed by atoms with Crippen molar-refractivity contribution in [2.45, 2.75) is 37.9 Å². The standard InChI is InChI=1S/C21H21N3O2S2/c25-18(24-10-9-13-5-1-3-7-15(13)24)12-27-11-17-22-20(26)19-14-6-2-4-8-16(14)28-21(19)23-17/h1,3,5,7H,2,4,6,8-12H2,(H,22,23,26). The third kappa shape index (κ3) is 3.16. The van der Waals surface area contributed by atoms with Crippen molar-refractivity contribution in [1.82, 2.24) is 9.97 Å². The largest absolute Gasteiger partial charge is 0.311 e. The maximum atomic E-state index is 12.6. The van der Waals surface area contributed by atoms with Crippen molar-refractivity contribution in [2.75, 3.05) is 17.2 Å². The van der Waals surface area contributed by atoms with Crippen LogP contribution in [-0.4, -0.2) is 28.2 Å². The highest BCUT2D eigenvalue weighted by molar-refractivity contribution is 7.99. The molecule has 1 aliphatic carbocycles. The summed E-state index contributed by atoms with van der Waals surface area (Å²) < 4.78 is 0. The molecule has 0 spiro atoms. The van der Waals surface area contributed by atoms with Gasteiger partial charge < -0.3 is 9.88 Å². The second kappa shape index (κ2) is 7.37. The molecule has 28 heavy (non-hydrogen) atoms. The number of rotatable bonds is 4. The van der Waals surface area contributed by atoms with Gasteiger partial charge in [-0.2, -0.15) is 0 Å². The Bertz CT molecular complexity index is 1120. The summed E-state index contributed by atoms with van der Waals surface area (Å²) in [5.41, 5.74) is 3.45. The van der Waals surface area contributed by atoms with Gasteiger partial charge in [-0.25, -0.2) is 4.98 Å². The fourth-order valence-corrected chi connectivity index (χ4v) is 6.23. The SMILES string of the molecule is O=C(CSCc1nc2sc3c(c2c(=O)[nH]1)CCCC3)N1CCc2ccccc21. The molecule has 1 N–H and O–H groups in total. The van der Waals surface area contributed by atoms with Crippen LogP contribution in [0.5, 0.6) is 0 Å². The van der Waals surface area contributed by atoms with Gasteiger partial charge in [0.15, 0.2) is 0 Å². The lowest BCUT2D eigenvalue weighted by Crippen LogP contribution is -2.30. The summed E-state index contributed by atoms with van der Waals surface area (Å²) >= 11 is 3.17. The number of carbonyl (C=O) groups excluding carboxylic acids is 1. The highest BCUT2D eigenvalue weighted by atomic mass is 32.2. The molecule has 0 unspecified atom stereocenters. The molecule has 144 valence electrons. The molecule has 0 bridgehead atoms. The van der Waals surface area contributed by atoms with Crippen molar-refractivity contribution in [1.29, 1.82) is 0 Å². The summed E-state index contributed by atoms with van der Waals surface area (Å²) in [4.78, 5) is 36.9. The molecule has 5 rings (SSSR count). The zero-order valence-electron chi connectivity index (χ0n) is 15.5. The van der Waals surface area contributed by atoms with Crippen molar-refractivity contribution in [2.24, 2.45) is 0 Å². The van der Waals surface area contributed by atoms with Crippen LogP contribution in [-0.2, 0) is 29.8 Å². The Morgan fingerprint density at radius 2 is 2.07 bits per heavy atom. The zero-order valence-corrected chi connectivity index (χ0v) is 17.1. The molecule has 3 aromatic rings. The number of thioether (sulfide) groups is 1. The molecule has 3 heterocycles. The molecule has 1 amide bonds. The van der Waals surface area contributed by atoms with Crippen molar-refractivity contribution in [3.63, 3.8) is 0 Å². The van der Waals surface area contributed by atoms with E-state index in [1.54, 1.807) is 11.3 Å². The number of aromatic amines is 1. The van der Waals surface area contributed by atoms with Gasteiger partial charge in [0.2, 0.25) is 5.91 Å². The van der Waals surface area contributed by atoms with Crippen LogP contribution in [0.25, 0.3) is 10.2 Å². The molecule has 7 heteroatoms. The lowest BCUT2D eigenvalue weighted by Gasteiger charge is -2.16. The lowest BCUT2D eigenvalue weighted by molar-refractivity contribution is -0.116. The Morgan fingerprint density at radius 3 is 3.00 bits per heavy atom. The molecule has 0 radical (unpaired) electrons. The number of hydrogen-bond donors (Lipinski definition) is 1. The van der Waals surface area contributed by atoms with Crippen LogP contribution in [0.1, 0.15) is 34.7 Å². The van der Waals surface area contributed by atoms with Crippen LogP contribution >= 0.6 is 23.1 Å². The van der Waals surface area contributed by atoms with Crippen molar-refractivity contribution in [3.05, 3.63) is 56.4 Å². The second-order valence-corrected chi connectivity index (χ2v) is 9.39. The lowest BCUT2D eigenvalue weighted by atomic mass is 9.97. The first-order chi connectivity index (χ1) is 13.7. The molecule has 1 aromatic carbocycles. The number of amides is 1. The first kappa shape index (κ1) is 17.9. The Kier molecular flexibility index (Phi) is 4.72. The topological polar surface area (TPSA) is 66.1 Å². The average molecular weight is 412 g/mol. The van der Waals surface area contributed by atoms with E-state index < -0.39 is 0 Å². The fourth-order valence-electron chi connectivity index (χ4n) is 4.19. The van der Waals surface area contributed by atoms with Crippen LogP contribution in [0.2, 0.25) is 0 Å². The van der Waals surface area contributed by atoms with E-state index in [1.807, 2.05) is 23.1 Å². The van der Waals surface area contributed by atoms with Gasteiger partial charge in [-0.15, -0.1) is 23.1 Å². The maximum Gasteiger partial charge on any atom is 0.259 e. The molecule has 1 aliphatic heterocycles.